The summed E-state index contributed by atoms with van der Waals surface area (Å²) in [6.07, 6.45) is 3.92. The van der Waals surface area contributed by atoms with Crippen molar-refractivity contribution in [3.05, 3.63) is 35.1 Å². The number of nitriles is 1. The van der Waals surface area contributed by atoms with Crippen LogP contribution in [0.25, 0.3) is 5.65 Å². The van der Waals surface area contributed by atoms with Crippen molar-refractivity contribution in [2.24, 2.45) is 11.0 Å². The van der Waals surface area contributed by atoms with Gasteiger partial charge in [-0.05, 0) is 17.3 Å². The molecular formula is C15H19N11O. The van der Waals surface area contributed by atoms with Gasteiger partial charge in [0.15, 0.2) is 12.3 Å². The van der Waals surface area contributed by atoms with Gasteiger partial charge >= 0.3 is 0 Å². The van der Waals surface area contributed by atoms with Crippen LogP contribution in [0.15, 0.2) is 35.4 Å². The van der Waals surface area contributed by atoms with E-state index in [1.165, 1.54) is 0 Å². The molecule has 0 saturated carbocycles. The minimum atomic E-state index is -0.390. The molecule has 0 amide bonds. The highest BCUT2D eigenvalue weighted by Gasteiger charge is 2.43. The lowest BCUT2D eigenvalue weighted by Crippen LogP contribution is -2.71. The Hall–Kier alpha value is -3.27. The van der Waals surface area contributed by atoms with E-state index in [9.17, 15) is 4.91 Å². The number of fused-ring (bicyclic) bond motifs is 1. The van der Waals surface area contributed by atoms with E-state index in [4.69, 9.17) is 11.1 Å². The molecule has 1 fully saturated rings. The van der Waals surface area contributed by atoms with Gasteiger partial charge in [0.2, 0.25) is 5.95 Å². The molecule has 2 aliphatic heterocycles. The molecule has 5 N–H and O–H groups in total. The number of nitrogens with zero attached hydrogens (tertiary/aromatic N) is 7. The molecule has 27 heavy (non-hydrogen) atoms. The monoisotopic (exact) mass is 369 g/mol. The Labute approximate surface area is 154 Å². The summed E-state index contributed by atoms with van der Waals surface area (Å²) >= 11 is 0. The van der Waals surface area contributed by atoms with Gasteiger partial charge in [-0.25, -0.2) is 15.4 Å². The van der Waals surface area contributed by atoms with E-state index >= 15 is 0 Å². The SMILES string of the molecule is N#CCC1(NN)CN(c2cccn3nc(NC4=CN(CN=O)NC4)nc23)C1. The van der Waals surface area contributed by atoms with Crippen molar-refractivity contribution in [2.75, 3.05) is 36.5 Å². The summed E-state index contributed by atoms with van der Waals surface area (Å²) < 4.78 is 1.70. The average molecular weight is 369 g/mol. The van der Waals surface area contributed by atoms with Gasteiger partial charge in [-0.3, -0.25) is 10.9 Å². The molecule has 0 unspecified atom stereocenters. The Bertz CT molecular complexity index is 923. The number of nitroso groups, excluding NO2 is 1. The van der Waals surface area contributed by atoms with Crippen LogP contribution in [0.2, 0.25) is 0 Å². The van der Waals surface area contributed by atoms with Gasteiger partial charge < -0.3 is 10.2 Å². The first-order valence-electron chi connectivity index (χ1n) is 8.38. The lowest BCUT2D eigenvalue weighted by atomic mass is 9.87. The number of rotatable bonds is 7. The molecule has 2 aliphatic rings. The summed E-state index contributed by atoms with van der Waals surface area (Å²) in [4.78, 5) is 17.0. The number of nitrogens with one attached hydrogen (secondary N) is 3. The van der Waals surface area contributed by atoms with E-state index in [-0.39, 0.29) is 12.2 Å². The number of hydrogen-bond donors (Lipinski definition) is 4. The minimum Gasteiger partial charge on any atom is -0.364 e. The van der Waals surface area contributed by atoms with Gasteiger partial charge in [-0.15, -0.1) is 10.0 Å². The van der Waals surface area contributed by atoms with Gasteiger partial charge in [0.25, 0.3) is 0 Å². The zero-order chi connectivity index (χ0) is 18.9. The predicted molar refractivity (Wildman–Crippen MR) is 97.7 cm³/mol. The van der Waals surface area contributed by atoms with Gasteiger partial charge in [-0.2, -0.15) is 10.2 Å². The number of nitrogens with two attached hydrogens (primary N) is 1. The second-order valence-corrected chi connectivity index (χ2v) is 6.57. The smallest absolute Gasteiger partial charge is 0.247 e. The second kappa shape index (κ2) is 6.80. The molecule has 4 rings (SSSR count). The fourth-order valence-corrected chi connectivity index (χ4v) is 3.29. The molecule has 140 valence electrons. The third-order valence-corrected chi connectivity index (χ3v) is 4.66. The first-order chi connectivity index (χ1) is 13.2. The molecule has 2 aromatic heterocycles. The molecule has 12 nitrogen and oxygen atoms in total. The van der Waals surface area contributed by atoms with Gasteiger partial charge in [-0.1, -0.05) is 0 Å². The molecule has 0 bridgehead atoms. The summed E-state index contributed by atoms with van der Waals surface area (Å²) in [6, 6.07) is 6.04. The Morgan fingerprint density at radius 1 is 1.48 bits per heavy atom. The highest BCUT2D eigenvalue weighted by Crippen LogP contribution is 2.32. The Kier molecular flexibility index (Phi) is 4.32. The van der Waals surface area contributed by atoms with E-state index in [0.717, 1.165) is 11.4 Å². The number of aromatic nitrogens is 3. The lowest BCUT2D eigenvalue weighted by molar-refractivity contribution is 0.264. The van der Waals surface area contributed by atoms with Crippen molar-refractivity contribution in [3.8, 4) is 6.07 Å². The first-order valence-corrected chi connectivity index (χ1v) is 8.38. The average Bonchev–Trinajstić information content (AvgIpc) is 3.24. The fourth-order valence-electron chi connectivity index (χ4n) is 3.29. The van der Waals surface area contributed by atoms with E-state index in [1.807, 2.05) is 18.3 Å². The maximum atomic E-state index is 10.3. The molecule has 1 saturated heterocycles. The van der Waals surface area contributed by atoms with E-state index in [2.05, 4.69) is 42.4 Å². The first kappa shape index (κ1) is 17.2. The molecule has 0 radical (unpaired) electrons. The molecule has 4 heterocycles. The third-order valence-electron chi connectivity index (χ3n) is 4.66. The Morgan fingerprint density at radius 2 is 2.33 bits per heavy atom. The zero-order valence-corrected chi connectivity index (χ0v) is 14.5. The Balaban J connectivity index is 1.53. The van der Waals surface area contributed by atoms with Crippen LogP contribution in [-0.4, -0.2) is 51.4 Å². The van der Waals surface area contributed by atoms with Crippen molar-refractivity contribution < 1.29 is 0 Å². The van der Waals surface area contributed by atoms with Gasteiger partial charge in [0.05, 0.1) is 36.0 Å². The summed E-state index contributed by atoms with van der Waals surface area (Å²) in [5, 5.41) is 21.0. The normalized spacial score (nSPS) is 18.1. The zero-order valence-electron chi connectivity index (χ0n) is 14.5. The largest absolute Gasteiger partial charge is 0.364 e. The summed E-state index contributed by atoms with van der Waals surface area (Å²) in [5.41, 5.74) is 7.84. The van der Waals surface area contributed by atoms with E-state index < -0.39 is 0 Å². The van der Waals surface area contributed by atoms with Crippen LogP contribution in [-0.2, 0) is 0 Å². The van der Waals surface area contributed by atoms with Crippen LogP contribution < -0.4 is 26.9 Å². The predicted octanol–water partition coefficient (Wildman–Crippen LogP) is -0.538. The van der Waals surface area contributed by atoms with Crippen molar-refractivity contribution >= 4 is 17.3 Å². The topological polar surface area (TPSA) is 152 Å². The van der Waals surface area contributed by atoms with Crippen molar-refractivity contribution in [3.63, 3.8) is 0 Å². The molecule has 0 spiro atoms. The molecule has 0 aliphatic carbocycles. The molecule has 2 aromatic rings. The van der Waals surface area contributed by atoms with Crippen molar-refractivity contribution in [2.45, 2.75) is 12.0 Å². The van der Waals surface area contributed by atoms with E-state index in [1.54, 1.807) is 15.7 Å². The maximum absolute atomic E-state index is 10.3. The molecule has 0 atom stereocenters. The maximum Gasteiger partial charge on any atom is 0.247 e. The van der Waals surface area contributed by atoms with Crippen LogP contribution in [0.3, 0.4) is 0 Å². The summed E-state index contributed by atoms with van der Waals surface area (Å²) in [5.74, 6) is 6.08. The number of hydrazine groups is 2. The summed E-state index contributed by atoms with van der Waals surface area (Å²) in [7, 11) is 0. The van der Waals surface area contributed by atoms with Gasteiger partial charge in [0.1, 0.15) is 0 Å². The van der Waals surface area contributed by atoms with Crippen molar-refractivity contribution in [1.82, 2.24) is 30.5 Å². The Morgan fingerprint density at radius 3 is 3.07 bits per heavy atom. The minimum absolute atomic E-state index is 0.0303. The quantitative estimate of drug-likeness (QED) is 0.284. The molecule has 12 heteroatoms. The highest BCUT2D eigenvalue weighted by atomic mass is 16.3. The van der Waals surface area contributed by atoms with Gasteiger partial charge in [0, 0.05) is 25.5 Å². The van der Waals surface area contributed by atoms with E-state index in [0.29, 0.717) is 37.7 Å². The number of hydrogen-bond acceptors (Lipinski definition) is 11. The third kappa shape index (κ3) is 3.14. The van der Waals surface area contributed by atoms with Crippen LogP contribution in [0.1, 0.15) is 6.42 Å². The van der Waals surface area contributed by atoms with Crippen LogP contribution in [0.5, 0.6) is 0 Å². The van der Waals surface area contributed by atoms with Crippen LogP contribution in [0.4, 0.5) is 11.6 Å². The molecule has 0 aromatic carbocycles. The second-order valence-electron chi connectivity index (χ2n) is 6.57. The number of pyridine rings is 1. The summed E-state index contributed by atoms with van der Waals surface area (Å²) in [6.45, 7) is 1.80. The fraction of sp³-hybridized carbons (Fsp3) is 0.400. The molecular weight excluding hydrogens is 350 g/mol. The van der Waals surface area contributed by atoms with Crippen molar-refractivity contribution in [1.29, 1.82) is 5.26 Å². The number of anilines is 2. The standard InChI is InChI=1S/C15H19N11O/c16-4-3-15(23-17)8-24(9-15)12-2-1-5-26-13(12)21-14(22-26)20-11-6-18-25(7-11)10-19-27/h1-2,5,7,18,23H,3,6,8-10,17H2,(H,20,22). The van der Waals surface area contributed by atoms with Crippen LogP contribution in [0, 0.1) is 16.2 Å². The lowest BCUT2D eigenvalue weighted by Gasteiger charge is -2.49. The van der Waals surface area contributed by atoms with Crippen LogP contribution >= 0.6 is 0 Å². The highest BCUT2D eigenvalue weighted by molar-refractivity contribution is 5.71.